The van der Waals surface area contributed by atoms with Gasteiger partial charge in [-0.1, -0.05) is 0 Å². The first-order valence-electron chi connectivity index (χ1n) is 4.86. The fourth-order valence-electron chi connectivity index (χ4n) is 1.71. The molecule has 1 N–H and O–H groups in total. The van der Waals surface area contributed by atoms with Crippen molar-refractivity contribution in [2.45, 2.75) is 31.7 Å². The maximum atomic E-state index is 8.59. The van der Waals surface area contributed by atoms with E-state index in [4.69, 9.17) is 5.26 Å². The Labute approximate surface area is 83.8 Å². The van der Waals surface area contributed by atoms with E-state index in [0.29, 0.717) is 5.69 Å². The molecule has 0 aromatic carbocycles. The lowest BCUT2D eigenvalue weighted by atomic mass is 9.78. The Bertz CT molecular complexity index is 357. The first-order valence-corrected chi connectivity index (χ1v) is 4.86. The van der Waals surface area contributed by atoms with E-state index in [0.717, 1.165) is 5.69 Å². The number of nitrogens with one attached hydrogen (secondary N) is 1. The molecule has 0 unspecified atom stereocenters. The zero-order valence-electron chi connectivity index (χ0n) is 8.25. The van der Waals surface area contributed by atoms with E-state index in [2.05, 4.69) is 17.2 Å². The summed E-state index contributed by atoms with van der Waals surface area (Å²) in [5.41, 5.74) is 1.72. The van der Waals surface area contributed by atoms with Gasteiger partial charge in [-0.2, -0.15) is 5.26 Å². The van der Waals surface area contributed by atoms with Crippen molar-refractivity contribution in [1.82, 2.24) is 4.98 Å². The van der Waals surface area contributed by atoms with Crippen LogP contribution in [0.15, 0.2) is 18.3 Å². The molecule has 14 heavy (non-hydrogen) atoms. The van der Waals surface area contributed by atoms with Crippen molar-refractivity contribution < 1.29 is 0 Å². The summed E-state index contributed by atoms with van der Waals surface area (Å²) in [6, 6.07) is 5.66. The van der Waals surface area contributed by atoms with Crippen LogP contribution in [-0.2, 0) is 0 Å². The molecule has 0 saturated heterocycles. The van der Waals surface area contributed by atoms with Crippen molar-refractivity contribution in [3.8, 4) is 6.07 Å². The topological polar surface area (TPSA) is 48.7 Å². The minimum absolute atomic E-state index is 0.246. The van der Waals surface area contributed by atoms with E-state index >= 15 is 0 Å². The van der Waals surface area contributed by atoms with Gasteiger partial charge in [-0.15, -0.1) is 0 Å². The van der Waals surface area contributed by atoms with Gasteiger partial charge in [0.05, 0.1) is 11.9 Å². The van der Waals surface area contributed by atoms with E-state index in [9.17, 15) is 0 Å². The van der Waals surface area contributed by atoms with Crippen molar-refractivity contribution in [2.75, 3.05) is 5.32 Å². The van der Waals surface area contributed by atoms with E-state index in [1.54, 1.807) is 12.3 Å². The first kappa shape index (κ1) is 9.01. The summed E-state index contributed by atoms with van der Waals surface area (Å²) in [6.07, 6.45) is 5.45. The largest absolute Gasteiger partial charge is 0.379 e. The molecule has 0 atom stereocenters. The van der Waals surface area contributed by atoms with Crippen LogP contribution in [0.4, 0.5) is 5.69 Å². The Kier molecular flexibility index (Phi) is 2.12. The number of hydrogen-bond donors (Lipinski definition) is 1. The van der Waals surface area contributed by atoms with Crippen LogP contribution in [0.25, 0.3) is 0 Å². The summed E-state index contributed by atoms with van der Waals surface area (Å²) in [5.74, 6) is 0. The molecule has 1 saturated carbocycles. The van der Waals surface area contributed by atoms with Gasteiger partial charge in [-0.25, -0.2) is 4.98 Å². The van der Waals surface area contributed by atoms with Gasteiger partial charge in [-0.3, -0.25) is 0 Å². The van der Waals surface area contributed by atoms with Gasteiger partial charge >= 0.3 is 0 Å². The molecule has 3 heteroatoms. The summed E-state index contributed by atoms with van der Waals surface area (Å²) < 4.78 is 0. The molecule has 1 aliphatic rings. The number of nitrogens with zero attached hydrogens (tertiary/aromatic N) is 2. The number of aromatic nitrogens is 1. The number of pyridine rings is 1. The Morgan fingerprint density at radius 1 is 1.50 bits per heavy atom. The highest BCUT2D eigenvalue weighted by molar-refractivity contribution is 5.45. The quantitative estimate of drug-likeness (QED) is 0.772. The number of rotatable bonds is 2. The van der Waals surface area contributed by atoms with Crippen LogP contribution in [0.2, 0.25) is 0 Å². The molecule has 2 rings (SSSR count). The molecule has 0 aliphatic heterocycles. The minimum Gasteiger partial charge on any atom is -0.379 e. The summed E-state index contributed by atoms with van der Waals surface area (Å²) in [7, 11) is 0. The van der Waals surface area contributed by atoms with Gasteiger partial charge < -0.3 is 5.32 Å². The maximum Gasteiger partial charge on any atom is 0.140 e. The molecular weight excluding hydrogens is 174 g/mol. The van der Waals surface area contributed by atoms with E-state index < -0.39 is 0 Å². The molecule has 1 aromatic heterocycles. The van der Waals surface area contributed by atoms with Crippen molar-refractivity contribution in [3.05, 3.63) is 24.0 Å². The van der Waals surface area contributed by atoms with Gasteiger partial charge in [0.1, 0.15) is 11.8 Å². The normalized spacial score (nSPS) is 18.0. The zero-order valence-corrected chi connectivity index (χ0v) is 8.25. The Morgan fingerprint density at radius 3 is 2.71 bits per heavy atom. The van der Waals surface area contributed by atoms with Crippen molar-refractivity contribution in [2.24, 2.45) is 0 Å². The standard InChI is InChI=1S/C11H13N3/c1-11(5-2-6-11)14-10-4-3-9(7-12)13-8-10/h3-4,8,14H,2,5-6H2,1H3. The smallest absolute Gasteiger partial charge is 0.140 e. The van der Waals surface area contributed by atoms with Gasteiger partial charge in [-0.05, 0) is 38.3 Å². The fraction of sp³-hybridized carbons (Fsp3) is 0.455. The van der Waals surface area contributed by atoms with E-state index in [1.807, 2.05) is 12.1 Å². The van der Waals surface area contributed by atoms with E-state index in [-0.39, 0.29) is 5.54 Å². The van der Waals surface area contributed by atoms with Crippen LogP contribution in [0.5, 0.6) is 0 Å². The van der Waals surface area contributed by atoms with Crippen molar-refractivity contribution in [3.63, 3.8) is 0 Å². The lowest BCUT2D eigenvalue weighted by Gasteiger charge is -2.40. The minimum atomic E-state index is 0.246. The van der Waals surface area contributed by atoms with Crippen LogP contribution in [0.3, 0.4) is 0 Å². The molecule has 1 aliphatic carbocycles. The second-order valence-electron chi connectivity index (χ2n) is 4.08. The molecule has 3 nitrogen and oxygen atoms in total. The summed E-state index contributed by atoms with van der Waals surface area (Å²) >= 11 is 0. The molecule has 0 amide bonds. The number of nitriles is 1. The SMILES string of the molecule is CC1(Nc2ccc(C#N)nc2)CCC1. The van der Waals surface area contributed by atoms with Crippen LogP contribution in [0.1, 0.15) is 31.9 Å². The predicted octanol–water partition coefficient (Wildman–Crippen LogP) is 2.31. The van der Waals surface area contributed by atoms with Gasteiger partial charge in [0.15, 0.2) is 0 Å². The monoisotopic (exact) mass is 187 g/mol. The Morgan fingerprint density at radius 2 is 2.29 bits per heavy atom. The molecule has 1 heterocycles. The number of anilines is 1. The molecule has 0 bridgehead atoms. The van der Waals surface area contributed by atoms with Crippen LogP contribution < -0.4 is 5.32 Å². The third kappa shape index (κ3) is 1.69. The molecule has 0 radical (unpaired) electrons. The van der Waals surface area contributed by atoms with Gasteiger partial charge in [0.2, 0.25) is 0 Å². The summed E-state index contributed by atoms with van der Waals surface area (Å²) in [4.78, 5) is 4.02. The van der Waals surface area contributed by atoms with Gasteiger partial charge in [0.25, 0.3) is 0 Å². The van der Waals surface area contributed by atoms with Crippen LogP contribution in [-0.4, -0.2) is 10.5 Å². The third-order valence-corrected chi connectivity index (χ3v) is 2.78. The average molecular weight is 187 g/mol. The highest BCUT2D eigenvalue weighted by Crippen LogP contribution is 2.34. The highest BCUT2D eigenvalue weighted by Gasteiger charge is 2.31. The lowest BCUT2D eigenvalue weighted by molar-refractivity contribution is 0.306. The highest BCUT2D eigenvalue weighted by atomic mass is 15.0. The zero-order chi connectivity index (χ0) is 10.0. The Hall–Kier alpha value is -1.56. The molecular formula is C11H13N3. The lowest BCUT2D eigenvalue weighted by Crippen LogP contribution is -2.41. The second-order valence-corrected chi connectivity index (χ2v) is 4.08. The maximum absolute atomic E-state index is 8.59. The predicted molar refractivity (Wildman–Crippen MR) is 54.8 cm³/mol. The molecule has 1 aromatic rings. The van der Waals surface area contributed by atoms with E-state index in [1.165, 1.54) is 19.3 Å². The average Bonchev–Trinajstić information content (AvgIpc) is 2.17. The first-order chi connectivity index (χ1) is 6.72. The second kappa shape index (κ2) is 3.30. The van der Waals surface area contributed by atoms with Crippen LogP contribution in [0, 0.1) is 11.3 Å². The van der Waals surface area contributed by atoms with Crippen molar-refractivity contribution >= 4 is 5.69 Å². The van der Waals surface area contributed by atoms with Gasteiger partial charge in [0, 0.05) is 5.54 Å². The number of hydrogen-bond acceptors (Lipinski definition) is 3. The Balaban J connectivity index is 2.07. The summed E-state index contributed by atoms with van der Waals surface area (Å²) in [5, 5.41) is 12.0. The molecule has 72 valence electrons. The van der Waals surface area contributed by atoms with Crippen LogP contribution >= 0.6 is 0 Å². The molecule has 0 spiro atoms. The molecule has 1 fully saturated rings. The third-order valence-electron chi connectivity index (χ3n) is 2.78. The fourth-order valence-corrected chi connectivity index (χ4v) is 1.71. The van der Waals surface area contributed by atoms with Crippen molar-refractivity contribution in [1.29, 1.82) is 5.26 Å². The summed E-state index contributed by atoms with van der Waals surface area (Å²) in [6.45, 7) is 2.22.